The molecule has 0 aliphatic rings. The first-order valence-electron chi connectivity index (χ1n) is 6.31. The first kappa shape index (κ1) is 15.9. The molecule has 0 rings (SSSR count). The topological polar surface area (TPSA) is 26.7 Å². The van der Waals surface area contributed by atoms with E-state index in [2.05, 4.69) is 51.6 Å². The minimum atomic E-state index is -0.601. The van der Waals surface area contributed by atoms with Gasteiger partial charge in [-0.3, -0.25) is 4.90 Å². The second kappa shape index (κ2) is 6.58. The van der Waals surface area contributed by atoms with E-state index in [-0.39, 0.29) is 5.92 Å². The van der Waals surface area contributed by atoms with E-state index in [0.29, 0.717) is 6.04 Å². The fraction of sp³-hybridized carbons (Fsp3) is 1.00. The van der Waals surface area contributed by atoms with E-state index in [1.165, 1.54) is 0 Å². The lowest BCUT2D eigenvalue weighted by molar-refractivity contribution is -0.0282. The van der Waals surface area contributed by atoms with Crippen LogP contribution in [0.1, 0.15) is 34.6 Å². The van der Waals surface area contributed by atoms with Crippen molar-refractivity contribution in [1.82, 2.24) is 9.80 Å². The van der Waals surface area contributed by atoms with Crippen LogP contribution < -0.4 is 0 Å². The molecule has 1 N–H and O–H groups in total. The molecule has 0 heterocycles. The Morgan fingerprint density at radius 3 is 2.00 bits per heavy atom. The third kappa shape index (κ3) is 5.28. The van der Waals surface area contributed by atoms with Crippen LogP contribution in [0, 0.1) is 5.92 Å². The molecule has 0 aliphatic heterocycles. The van der Waals surface area contributed by atoms with Gasteiger partial charge in [0.15, 0.2) is 0 Å². The molecule has 0 aliphatic carbocycles. The summed E-state index contributed by atoms with van der Waals surface area (Å²) >= 11 is 0. The monoisotopic (exact) mass is 230 g/mol. The molecule has 0 spiro atoms. The maximum absolute atomic E-state index is 10.3. The SMILES string of the molecule is CCN(CC(C)(O)C(C)C)C(C)CN(C)C. The van der Waals surface area contributed by atoms with Gasteiger partial charge in [0.2, 0.25) is 0 Å². The number of rotatable bonds is 7. The van der Waals surface area contributed by atoms with Crippen LogP contribution in [0.2, 0.25) is 0 Å². The molecule has 0 saturated heterocycles. The van der Waals surface area contributed by atoms with Crippen molar-refractivity contribution < 1.29 is 5.11 Å². The molecule has 2 atom stereocenters. The lowest BCUT2D eigenvalue weighted by atomic mass is 9.91. The molecule has 0 saturated carbocycles. The summed E-state index contributed by atoms with van der Waals surface area (Å²) in [5.41, 5.74) is -0.601. The van der Waals surface area contributed by atoms with Crippen LogP contribution in [-0.2, 0) is 0 Å². The molecule has 0 bridgehead atoms. The van der Waals surface area contributed by atoms with Crippen LogP contribution in [-0.4, -0.2) is 60.3 Å². The fourth-order valence-corrected chi connectivity index (χ4v) is 1.82. The Kier molecular flexibility index (Phi) is 6.53. The van der Waals surface area contributed by atoms with Crippen LogP contribution >= 0.6 is 0 Å². The minimum Gasteiger partial charge on any atom is -0.389 e. The van der Waals surface area contributed by atoms with Crippen LogP contribution in [0.5, 0.6) is 0 Å². The lowest BCUT2D eigenvalue weighted by Gasteiger charge is -2.37. The summed E-state index contributed by atoms with van der Waals surface area (Å²) in [5.74, 6) is 0.285. The van der Waals surface area contributed by atoms with Crippen LogP contribution in [0.3, 0.4) is 0 Å². The maximum Gasteiger partial charge on any atom is 0.0768 e. The van der Waals surface area contributed by atoms with Crippen molar-refractivity contribution in [2.24, 2.45) is 5.92 Å². The van der Waals surface area contributed by atoms with Gasteiger partial charge in [-0.2, -0.15) is 0 Å². The molecule has 3 heteroatoms. The Balaban J connectivity index is 4.39. The Labute approximate surface area is 101 Å². The third-order valence-electron chi connectivity index (χ3n) is 3.43. The van der Waals surface area contributed by atoms with Gasteiger partial charge in [-0.1, -0.05) is 20.8 Å². The Morgan fingerprint density at radius 1 is 1.19 bits per heavy atom. The molecule has 0 amide bonds. The first-order chi connectivity index (χ1) is 7.20. The van der Waals surface area contributed by atoms with E-state index in [1.54, 1.807) is 0 Å². The average molecular weight is 230 g/mol. The smallest absolute Gasteiger partial charge is 0.0768 e. The third-order valence-corrected chi connectivity index (χ3v) is 3.43. The lowest BCUT2D eigenvalue weighted by Crippen LogP contribution is -2.50. The summed E-state index contributed by atoms with van der Waals surface area (Å²) in [5, 5.41) is 10.3. The predicted octanol–water partition coefficient (Wildman–Crippen LogP) is 1.67. The van der Waals surface area contributed by atoms with Crippen LogP contribution in [0.25, 0.3) is 0 Å². The number of hydrogen-bond acceptors (Lipinski definition) is 3. The largest absolute Gasteiger partial charge is 0.389 e. The standard InChI is InChI=1S/C13H30N2O/c1-8-15(12(4)9-14(6)7)10-13(5,16)11(2)3/h11-12,16H,8-10H2,1-7H3. The van der Waals surface area contributed by atoms with Gasteiger partial charge >= 0.3 is 0 Å². The predicted molar refractivity (Wildman–Crippen MR) is 70.7 cm³/mol. The Bertz CT molecular complexity index is 190. The first-order valence-corrected chi connectivity index (χ1v) is 6.31. The minimum absolute atomic E-state index is 0.285. The van der Waals surface area contributed by atoms with Crippen molar-refractivity contribution in [1.29, 1.82) is 0 Å². The molecular formula is C13H30N2O. The van der Waals surface area contributed by atoms with Gasteiger partial charge in [0.05, 0.1) is 5.60 Å². The summed E-state index contributed by atoms with van der Waals surface area (Å²) in [4.78, 5) is 4.54. The van der Waals surface area contributed by atoms with Gasteiger partial charge < -0.3 is 10.0 Å². The van der Waals surface area contributed by atoms with Gasteiger partial charge in [-0.25, -0.2) is 0 Å². The highest BCUT2D eigenvalue weighted by Gasteiger charge is 2.29. The fourth-order valence-electron chi connectivity index (χ4n) is 1.82. The number of hydrogen-bond donors (Lipinski definition) is 1. The van der Waals surface area contributed by atoms with Gasteiger partial charge in [0, 0.05) is 19.1 Å². The summed E-state index contributed by atoms with van der Waals surface area (Å²) in [7, 11) is 4.18. The molecule has 16 heavy (non-hydrogen) atoms. The molecule has 3 nitrogen and oxygen atoms in total. The van der Waals surface area contributed by atoms with Crippen molar-refractivity contribution in [3.05, 3.63) is 0 Å². The van der Waals surface area contributed by atoms with Crippen molar-refractivity contribution in [3.63, 3.8) is 0 Å². The quantitative estimate of drug-likeness (QED) is 0.720. The molecule has 2 unspecified atom stereocenters. The van der Waals surface area contributed by atoms with E-state index < -0.39 is 5.60 Å². The van der Waals surface area contributed by atoms with Gasteiger partial charge in [-0.15, -0.1) is 0 Å². The second-order valence-electron chi connectivity index (χ2n) is 5.69. The zero-order valence-electron chi connectivity index (χ0n) is 12.1. The van der Waals surface area contributed by atoms with E-state index in [9.17, 15) is 5.11 Å². The summed E-state index contributed by atoms with van der Waals surface area (Å²) in [6.07, 6.45) is 0. The van der Waals surface area contributed by atoms with Crippen molar-refractivity contribution in [3.8, 4) is 0 Å². The highest BCUT2D eigenvalue weighted by atomic mass is 16.3. The summed E-state index contributed by atoms with van der Waals surface area (Å²) < 4.78 is 0. The van der Waals surface area contributed by atoms with Crippen LogP contribution in [0.15, 0.2) is 0 Å². The molecule has 0 aromatic heterocycles. The molecule has 0 aromatic carbocycles. The van der Waals surface area contributed by atoms with Crippen molar-refractivity contribution in [2.75, 3.05) is 33.7 Å². The van der Waals surface area contributed by atoms with Gasteiger partial charge in [0.1, 0.15) is 0 Å². The van der Waals surface area contributed by atoms with Gasteiger partial charge in [0.25, 0.3) is 0 Å². The van der Waals surface area contributed by atoms with Crippen LogP contribution in [0.4, 0.5) is 0 Å². The van der Waals surface area contributed by atoms with E-state index in [0.717, 1.165) is 19.6 Å². The normalized spacial score (nSPS) is 18.2. The number of likely N-dealkylation sites (N-methyl/N-ethyl adjacent to an activating group) is 2. The van der Waals surface area contributed by atoms with Crippen molar-refractivity contribution in [2.45, 2.75) is 46.3 Å². The molecule has 0 radical (unpaired) electrons. The van der Waals surface area contributed by atoms with E-state index >= 15 is 0 Å². The van der Waals surface area contributed by atoms with Crippen molar-refractivity contribution >= 4 is 0 Å². The summed E-state index contributed by atoms with van der Waals surface area (Å²) in [6, 6.07) is 0.477. The molecule has 98 valence electrons. The molecule has 0 fully saturated rings. The van der Waals surface area contributed by atoms with Gasteiger partial charge in [-0.05, 0) is 40.4 Å². The Hall–Kier alpha value is -0.120. The average Bonchev–Trinajstić information content (AvgIpc) is 2.12. The molecule has 0 aromatic rings. The second-order valence-corrected chi connectivity index (χ2v) is 5.69. The zero-order chi connectivity index (χ0) is 12.9. The van der Waals surface area contributed by atoms with E-state index in [1.807, 2.05) is 6.92 Å². The number of nitrogens with zero attached hydrogens (tertiary/aromatic N) is 2. The maximum atomic E-state index is 10.3. The van der Waals surface area contributed by atoms with E-state index in [4.69, 9.17) is 0 Å². The Morgan fingerprint density at radius 2 is 1.69 bits per heavy atom. The zero-order valence-corrected chi connectivity index (χ0v) is 12.1. The highest BCUT2D eigenvalue weighted by Crippen LogP contribution is 2.18. The molecular weight excluding hydrogens is 200 g/mol. The number of aliphatic hydroxyl groups is 1. The summed E-state index contributed by atoms with van der Waals surface area (Å²) in [6.45, 7) is 13.2. The highest BCUT2D eigenvalue weighted by molar-refractivity contribution is 4.83.